The first kappa shape index (κ1) is 18.6. The number of nitrogens with one attached hydrogen (secondary N) is 1. The maximum absolute atomic E-state index is 13.4. The van der Waals surface area contributed by atoms with Gasteiger partial charge in [-0.15, -0.1) is 0 Å². The summed E-state index contributed by atoms with van der Waals surface area (Å²) in [6.07, 6.45) is 3.95. The van der Waals surface area contributed by atoms with Crippen molar-refractivity contribution >= 4 is 5.91 Å². The number of carbonyl (C=O) groups excluding carboxylic acids is 1. The van der Waals surface area contributed by atoms with Gasteiger partial charge in [0.2, 0.25) is 5.91 Å². The number of nitrogens with zero attached hydrogens (tertiary/aromatic N) is 1. The maximum atomic E-state index is 13.4. The SMILES string of the molecule is CC(CN1CCOCC1)NC(=O)C1(c2ccc3c(c2)OCCO3)CCCC1. The summed E-state index contributed by atoms with van der Waals surface area (Å²) in [4.78, 5) is 15.7. The molecule has 4 rings (SSSR count). The number of carbonyl (C=O) groups is 1. The van der Waals surface area contributed by atoms with Crippen molar-refractivity contribution in [3.8, 4) is 11.5 Å². The first-order valence-electron chi connectivity index (χ1n) is 10.2. The van der Waals surface area contributed by atoms with Crippen LogP contribution in [-0.2, 0) is 14.9 Å². The van der Waals surface area contributed by atoms with Crippen LogP contribution in [0.15, 0.2) is 18.2 Å². The summed E-state index contributed by atoms with van der Waals surface area (Å²) >= 11 is 0. The molecule has 0 aromatic heterocycles. The lowest BCUT2D eigenvalue weighted by molar-refractivity contribution is -0.127. The van der Waals surface area contributed by atoms with Crippen molar-refractivity contribution < 1.29 is 19.0 Å². The van der Waals surface area contributed by atoms with E-state index in [2.05, 4.69) is 17.1 Å². The molecule has 1 atom stereocenters. The Hall–Kier alpha value is -1.79. The summed E-state index contributed by atoms with van der Waals surface area (Å²) in [7, 11) is 0. The number of fused-ring (bicyclic) bond motifs is 1. The van der Waals surface area contributed by atoms with Gasteiger partial charge in [0.25, 0.3) is 0 Å². The van der Waals surface area contributed by atoms with E-state index in [1.54, 1.807) is 0 Å². The Morgan fingerprint density at radius 3 is 2.56 bits per heavy atom. The number of hydrogen-bond acceptors (Lipinski definition) is 5. The van der Waals surface area contributed by atoms with Crippen LogP contribution in [-0.4, -0.2) is 62.9 Å². The van der Waals surface area contributed by atoms with E-state index in [-0.39, 0.29) is 11.9 Å². The van der Waals surface area contributed by atoms with E-state index in [9.17, 15) is 4.79 Å². The summed E-state index contributed by atoms with van der Waals surface area (Å²) in [5, 5.41) is 3.30. The fourth-order valence-electron chi connectivity index (χ4n) is 4.55. The minimum Gasteiger partial charge on any atom is -0.486 e. The van der Waals surface area contributed by atoms with Gasteiger partial charge in [0.15, 0.2) is 11.5 Å². The zero-order valence-electron chi connectivity index (χ0n) is 16.2. The molecular weight excluding hydrogens is 344 g/mol. The van der Waals surface area contributed by atoms with Gasteiger partial charge in [0.05, 0.1) is 18.6 Å². The Labute approximate surface area is 161 Å². The molecule has 148 valence electrons. The molecule has 1 aromatic carbocycles. The van der Waals surface area contributed by atoms with E-state index >= 15 is 0 Å². The fraction of sp³-hybridized carbons (Fsp3) is 0.667. The highest BCUT2D eigenvalue weighted by Crippen LogP contribution is 2.44. The molecule has 3 aliphatic rings. The van der Waals surface area contributed by atoms with Crippen LogP contribution < -0.4 is 14.8 Å². The first-order valence-corrected chi connectivity index (χ1v) is 10.2. The van der Waals surface area contributed by atoms with E-state index in [0.717, 1.165) is 75.6 Å². The van der Waals surface area contributed by atoms with Crippen LogP contribution in [0.2, 0.25) is 0 Å². The molecular formula is C21H30N2O4. The van der Waals surface area contributed by atoms with Crippen LogP contribution in [0.4, 0.5) is 0 Å². The third kappa shape index (κ3) is 3.92. The topological polar surface area (TPSA) is 60.0 Å². The van der Waals surface area contributed by atoms with Crippen LogP contribution in [0.3, 0.4) is 0 Å². The van der Waals surface area contributed by atoms with Crippen LogP contribution >= 0.6 is 0 Å². The van der Waals surface area contributed by atoms with Gasteiger partial charge < -0.3 is 19.5 Å². The van der Waals surface area contributed by atoms with Gasteiger partial charge in [0, 0.05) is 25.7 Å². The number of benzene rings is 1. The first-order chi connectivity index (χ1) is 13.2. The number of ether oxygens (including phenoxy) is 3. The second-order valence-electron chi connectivity index (χ2n) is 7.94. The minimum atomic E-state index is -0.449. The second kappa shape index (κ2) is 8.07. The highest BCUT2D eigenvalue weighted by Gasteiger charge is 2.43. The highest BCUT2D eigenvalue weighted by molar-refractivity contribution is 5.89. The maximum Gasteiger partial charge on any atom is 0.230 e. The molecule has 0 radical (unpaired) electrons. The summed E-state index contributed by atoms with van der Waals surface area (Å²) in [5.41, 5.74) is 0.607. The van der Waals surface area contributed by atoms with Gasteiger partial charge in [-0.1, -0.05) is 18.9 Å². The molecule has 1 saturated heterocycles. The Morgan fingerprint density at radius 2 is 1.81 bits per heavy atom. The van der Waals surface area contributed by atoms with Crippen molar-refractivity contribution in [2.24, 2.45) is 0 Å². The Kier molecular flexibility index (Phi) is 5.55. The van der Waals surface area contributed by atoms with Crippen molar-refractivity contribution in [2.45, 2.75) is 44.1 Å². The molecule has 0 bridgehead atoms. The van der Waals surface area contributed by atoms with E-state index < -0.39 is 5.41 Å². The standard InChI is InChI=1S/C21H30N2O4/c1-16(15-23-8-10-25-11-9-23)22-20(24)21(6-2-3-7-21)17-4-5-18-19(14-17)27-13-12-26-18/h4-5,14,16H,2-3,6-13,15H2,1H3,(H,22,24). The molecule has 27 heavy (non-hydrogen) atoms. The van der Waals surface area contributed by atoms with Crippen LogP contribution in [0, 0.1) is 0 Å². The van der Waals surface area contributed by atoms with Crippen molar-refractivity contribution in [3.05, 3.63) is 23.8 Å². The molecule has 1 aromatic rings. The molecule has 1 N–H and O–H groups in total. The predicted molar refractivity (Wildman–Crippen MR) is 102 cm³/mol. The smallest absolute Gasteiger partial charge is 0.230 e. The molecule has 2 aliphatic heterocycles. The van der Waals surface area contributed by atoms with Gasteiger partial charge in [-0.2, -0.15) is 0 Å². The monoisotopic (exact) mass is 374 g/mol. The average molecular weight is 374 g/mol. The fourth-order valence-corrected chi connectivity index (χ4v) is 4.55. The van der Waals surface area contributed by atoms with Gasteiger partial charge in [0.1, 0.15) is 13.2 Å². The Bertz CT molecular complexity index is 666. The quantitative estimate of drug-likeness (QED) is 0.855. The van der Waals surface area contributed by atoms with Crippen molar-refractivity contribution in [1.29, 1.82) is 0 Å². The zero-order valence-corrected chi connectivity index (χ0v) is 16.2. The van der Waals surface area contributed by atoms with E-state index in [1.807, 2.05) is 18.2 Å². The number of rotatable bonds is 5. The normalized spacial score (nSPS) is 23.0. The molecule has 6 heteroatoms. The number of morpholine rings is 1. The lowest BCUT2D eigenvalue weighted by Gasteiger charge is -2.33. The van der Waals surface area contributed by atoms with Crippen LogP contribution in [0.25, 0.3) is 0 Å². The van der Waals surface area contributed by atoms with Crippen molar-refractivity contribution in [1.82, 2.24) is 10.2 Å². The van der Waals surface area contributed by atoms with E-state index in [4.69, 9.17) is 14.2 Å². The molecule has 1 saturated carbocycles. The van der Waals surface area contributed by atoms with E-state index in [0.29, 0.717) is 13.2 Å². The molecule has 1 amide bonds. The Balaban J connectivity index is 1.48. The average Bonchev–Trinajstić information content (AvgIpc) is 3.19. The van der Waals surface area contributed by atoms with Crippen molar-refractivity contribution in [3.63, 3.8) is 0 Å². The summed E-state index contributed by atoms with van der Waals surface area (Å²) in [6, 6.07) is 6.14. The van der Waals surface area contributed by atoms with Gasteiger partial charge in [-0.05, 0) is 37.5 Å². The highest BCUT2D eigenvalue weighted by atomic mass is 16.6. The summed E-state index contributed by atoms with van der Waals surface area (Å²) < 4.78 is 16.8. The molecule has 6 nitrogen and oxygen atoms in total. The lowest BCUT2D eigenvalue weighted by atomic mass is 9.77. The van der Waals surface area contributed by atoms with Gasteiger partial charge in [-0.3, -0.25) is 9.69 Å². The minimum absolute atomic E-state index is 0.116. The van der Waals surface area contributed by atoms with Gasteiger partial charge >= 0.3 is 0 Å². The predicted octanol–water partition coefficient (Wildman–Crippen LogP) is 2.11. The number of hydrogen-bond donors (Lipinski definition) is 1. The molecule has 2 fully saturated rings. The van der Waals surface area contributed by atoms with E-state index in [1.165, 1.54) is 0 Å². The third-order valence-electron chi connectivity index (χ3n) is 6.00. The third-order valence-corrected chi connectivity index (χ3v) is 6.00. The summed E-state index contributed by atoms with van der Waals surface area (Å²) in [5.74, 6) is 1.69. The molecule has 1 aliphatic carbocycles. The molecule has 2 heterocycles. The van der Waals surface area contributed by atoms with Crippen LogP contribution in [0.5, 0.6) is 11.5 Å². The van der Waals surface area contributed by atoms with Crippen molar-refractivity contribution in [2.75, 3.05) is 46.1 Å². The van der Waals surface area contributed by atoms with Gasteiger partial charge in [-0.25, -0.2) is 0 Å². The second-order valence-corrected chi connectivity index (χ2v) is 7.94. The summed E-state index contributed by atoms with van der Waals surface area (Å²) in [6.45, 7) is 7.54. The van der Waals surface area contributed by atoms with Crippen LogP contribution in [0.1, 0.15) is 38.2 Å². The lowest BCUT2D eigenvalue weighted by Crippen LogP contribution is -2.51. The largest absolute Gasteiger partial charge is 0.486 e. The zero-order chi connectivity index (χ0) is 18.7. The molecule has 1 unspecified atom stereocenters. The molecule has 0 spiro atoms. The number of amides is 1. The Morgan fingerprint density at radius 1 is 1.11 bits per heavy atom.